The van der Waals surface area contributed by atoms with E-state index in [1.54, 1.807) is 0 Å². The summed E-state index contributed by atoms with van der Waals surface area (Å²) in [7, 11) is 0. The van der Waals surface area contributed by atoms with Gasteiger partial charge >= 0.3 is 0 Å². The number of nitrogens with zero attached hydrogens (tertiary/aromatic N) is 1. The van der Waals surface area contributed by atoms with Gasteiger partial charge < -0.3 is 15.5 Å². The van der Waals surface area contributed by atoms with Crippen molar-refractivity contribution in [2.75, 3.05) is 13.1 Å². The number of piperidine rings is 1. The molecule has 0 aromatic heterocycles. The summed E-state index contributed by atoms with van der Waals surface area (Å²) in [6, 6.07) is 14.8. The zero-order chi connectivity index (χ0) is 24.1. The Hall–Kier alpha value is -2.67. The fourth-order valence-corrected chi connectivity index (χ4v) is 5.40. The van der Waals surface area contributed by atoms with Gasteiger partial charge in [0.1, 0.15) is 0 Å². The molecule has 2 N–H and O–H groups in total. The van der Waals surface area contributed by atoms with Crippen LogP contribution in [-0.2, 0) is 4.79 Å². The zero-order valence-corrected chi connectivity index (χ0v) is 21.1. The van der Waals surface area contributed by atoms with Gasteiger partial charge in [-0.15, -0.1) is 0 Å². The number of hydrogen-bond donors (Lipinski definition) is 2. The van der Waals surface area contributed by atoms with Crippen LogP contribution < -0.4 is 10.6 Å². The Kier molecular flexibility index (Phi) is 8.03. The molecule has 1 saturated heterocycles. The standard InChI is InChI=1S/C27H32BrN3O3/c1-18-7-2-3-10-22(18)26(33)30-24-12-5-4-11-23(24)29-25(32)19-13-15-31(16-14-19)27(34)20-8-6-9-21(28)17-20/h2-3,6-10,17,19,23-24H,4-5,11-16H2,1H3,(H,29,32)(H,30,33)/t23?,24-/m1/s1. The summed E-state index contributed by atoms with van der Waals surface area (Å²) in [6.45, 7) is 3.08. The Morgan fingerprint density at radius 2 is 1.56 bits per heavy atom. The van der Waals surface area contributed by atoms with Crippen molar-refractivity contribution in [2.45, 2.75) is 57.5 Å². The van der Waals surface area contributed by atoms with Crippen molar-refractivity contribution in [1.82, 2.24) is 15.5 Å². The minimum atomic E-state index is -0.110. The van der Waals surface area contributed by atoms with Crippen molar-refractivity contribution in [1.29, 1.82) is 0 Å². The van der Waals surface area contributed by atoms with E-state index >= 15 is 0 Å². The molecule has 2 atom stereocenters. The number of halogens is 1. The molecule has 1 aliphatic carbocycles. The molecule has 2 fully saturated rings. The molecule has 34 heavy (non-hydrogen) atoms. The molecule has 0 bridgehead atoms. The van der Waals surface area contributed by atoms with Gasteiger partial charge in [0.25, 0.3) is 11.8 Å². The van der Waals surface area contributed by atoms with E-state index < -0.39 is 0 Å². The second kappa shape index (κ2) is 11.2. The number of benzene rings is 2. The minimum Gasteiger partial charge on any atom is -0.351 e. The SMILES string of the molecule is Cc1ccccc1C(=O)N[C@@H]1CCCCC1NC(=O)C1CCN(C(=O)c2cccc(Br)c2)CC1. The largest absolute Gasteiger partial charge is 0.351 e. The number of nitrogens with one attached hydrogen (secondary N) is 2. The molecule has 2 aromatic rings. The molecule has 0 radical (unpaired) electrons. The number of amides is 3. The predicted molar refractivity (Wildman–Crippen MR) is 136 cm³/mol. The minimum absolute atomic E-state index is 0.00594. The van der Waals surface area contributed by atoms with Gasteiger partial charge in [0.05, 0.1) is 0 Å². The maximum absolute atomic E-state index is 13.1. The summed E-state index contributed by atoms with van der Waals surface area (Å²) >= 11 is 3.42. The van der Waals surface area contributed by atoms with Gasteiger partial charge in [0, 0.05) is 46.7 Å². The van der Waals surface area contributed by atoms with Gasteiger partial charge in [-0.1, -0.05) is 53.0 Å². The Bertz CT molecular complexity index is 1050. The maximum Gasteiger partial charge on any atom is 0.253 e. The van der Waals surface area contributed by atoms with Gasteiger partial charge in [0.15, 0.2) is 0 Å². The number of carbonyl (C=O) groups is 3. The highest BCUT2D eigenvalue weighted by molar-refractivity contribution is 9.10. The van der Waals surface area contributed by atoms with Crippen molar-refractivity contribution < 1.29 is 14.4 Å². The van der Waals surface area contributed by atoms with Gasteiger partial charge in [-0.25, -0.2) is 0 Å². The molecule has 1 aliphatic heterocycles. The molecule has 180 valence electrons. The average Bonchev–Trinajstić information content (AvgIpc) is 2.85. The van der Waals surface area contributed by atoms with Crippen LogP contribution in [0, 0.1) is 12.8 Å². The van der Waals surface area contributed by atoms with Crippen LogP contribution in [0.2, 0.25) is 0 Å². The Morgan fingerprint density at radius 1 is 0.882 bits per heavy atom. The molecule has 6 nitrogen and oxygen atoms in total. The highest BCUT2D eigenvalue weighted by Crippen LogP contribution is 2.24. The topological polar surface area (TPSA) is 78.5 Å². The van der Waals surface area contributed by atoms with E-state index in [4.69, 9.17) is 0 Å². The lowest BCUT2D eigenvalue weighted by atomic mass is 9.88. The molecule has 1 unspecified atom stereocenters. The first-order valence-corrected chi connectivity index (χ1v) is 12.9. The summed E-state index contributed by atoms with van der Waals surface area (Å²) < 4.78 is 0.879. The van der Waals surface area contributed by atoms with Crippen LogP contribution in [-0.4, -0.2) is 47.8 Å². The highest BCUT2D eigenvalue weighted by atomic mass is 79.9. The molecule has 3 amide bonds. The molecule has 0 spiro atoms. The summed E-state index contributed by atoms with van der Waals surface area (Å²) in [5.41, 5.74) is 2.29. The fourth-order valence-electron chi connectivity index (χ4n) is 5.00. The molecule has 4 rings (SSSR count). The Morgan fingerprint density at radius 3 is 2.24 bits per heavy atom. The Labute approximate surface area is 209 Å². The third kappa shape index (κ3) is 5.87. The molecular formula is C27H32BrN3O3. The average molecular weight is 526 g/mol. The molecule has 2 aliphatic rings. The lowest BCUT2D eigenvalue weighted by Crippen LogP contribution is -2.55. The van der Waals surface area contributed by atoms with E-state index in [2.05, 4.69) is 26.6 Å². The van der Waals surface area contributed by atoms with E-state index in [1.165, 1.54) is 0 Å². The van der Waals surface area contributed by atoms with Gasteiger partial charge in [-0.2, -0.15) is 0 Å². The first-order valence-electron chi connectivity index (χ1n) is 12.1. The number of aryl methyl sites for hydroxylation is 1. The highest BCUT2D eigenvalue weighted by Gasteiger charge is 2.32. The zero-order valence-electron chi connectivity index (χ0n) is 19.6. The second-order valence-electron chi connectivity index (χ2n) is 9.37. The van der Waals surface area contributed by atoms with E-state index in [-0.39, 0.29) is 35.7 Å². The summed E-state index contributed by atoms with van der Waals surface area (Å²) in [5.74, 6) is -0.146. The van der Waals surface area contributed by atoms with Crippen molar-refractivity contribution >= 4 is 33.7 Å². The van der Waals surface area contributed by atoms with E-state index in [0.29, 0.717) is 37.1 Å². The first-order chi connectivity index (χ1) is 16.4. The molecule has 2 aromatic carbocycles. The number of rotatable bonds is 5. The van der Waals surface area contributed by atoms with Gasteiger partial charge in [-0.3, -0.25) is 14.4 Å². The number of carbonyl (C=O) groups excluding carboxylic acids is 3. The quantitative estimate of drug-likeness (QED) is 0.604. The van der Waals surface area contributed by atoms with Gasteiger partial charge in [-0.05, 0) is 62.4 Å². The van der Waals surface area contributed by atoms with Crippen molar-refractivity contribution in [3.63, 3.8) is 0 Å². The normalized spacial score (nSPS) is 21.1. The molecule has 7 heteroatoms. The van der Waals surface area contributed by atoms with Crippen molar-refractivity contribution in [2.24, 2.45) is 5.92 Å². The van der Waals surface area contributed by atoms with E-state index in [9.17, 15) is 14.4 Å². The molecular weight excluding hydrogens is 494 g/mol. The van der Waals surface area contributed by atoms with E-state index in [1.807, 2.05) is 60.4 Å². The van der Waals surface area contributed by atoms with Gasteiger partial charge in [0.2, 0.25) is 5.91 Å². The summed E-state index contributed by atoms with van der Waals surface area (Å²) in [5, 5.41) is 6.40. The Balaban J connectivity index is 1.31. The van der Waals surface area contributed by atoms with Crippen LogP contribution in [0.1, 0.15) is 64.8 Å². The van der Waals surface area contributed by atoms with Crippen LogP contribution in [0.4, 0.5) is 0 Å². The van der Waals surface area contributed by atoms with Crippen LogP contribution in [0.15, 0.2) is 53.0 Å². The monoisotopic (exact) mass is 525 g/mol. The number of hydrogen-bond acceptors (Lipinski definition) is 3. The van der Waals surface area contributed by atoms with Crippen LogP contribution in [0.25, 0.3) is 0 Å². The maximum atomic E-state index is 13.1. The fraction of sp³-hybridized carbons (Fsp3) is 0.444. The van der Waals surface area contributed by atoms with Crippen LogP contribution in [0.3, 0.4) is 0 Å². The predicted octanol–water partition coefficient (Wildman–Crippen LogP) is 4.47. The van der Waals surface area contributed by atoms with Crippen molar-refractivity contribution in [3.05, 3.63) is 69.7 Å². The first kappa shape index (κ1) is 24.5. The van der Waals surface area contributed by atoms with E-state index in [0.717, 1.165) is 35.7 Å². The van der Waals surface area contributed by atoms with Crippen molar-refractivity contribution in [3.8, 4) is 0 Å². The third-order valence-corrected chi connectivity index (χ3v) is 7.52. The lowest BCUT2D eigenvalue weighted by Gasteiger charge is -2.36. The lowest BCUT2D eigenvalue weighted by molar-refractivity contribution is -0.127. The summed E-state index contributed by atoms with van der Waals surface area (Å²) in [4.78, 5) is 40.5. The second-order valence-corrected chi connectivity index (χ2v) is 10.3. The van der Waals surface area contributed by atoms with Crippen LogP contribution >= 0.6 is 15.9 Å². The number of likely N-dealkylation sites (tertiary alicyclic amines) is 1. The van der Waals surface area contributed by atoms with Crippen LogP contribution in [0.5, 0.6) is 0 Å². The summed E-state index contributed by atoms with van der Waals surface area (Å²) in [6.07, 6.45) is 5.12. The third-order valence-electron chi connectivity index (χ3n) is 7.02. The molecule has 1 saturated carbocycles. The smallest absolute Gasteiger partial charge is 0.253 e. The molecule has 1 heterocycles.